The molecular formula is C14H26N4O7. The van der Waals surface area contributed by atoms with E-state index >= 15 is 0 Å². The number of aliphatic hydroxyl groups is 2. The first-order chi connectivity index (χ1) is 11.5. The predicted octanol–water partition coefficient (Wildman–Crippen LogP) is -3.49. The molecule has 3 amide bonds. The van der Waals surface area contributed by atoms with Gasteiger partial charge in [-0.25, -0.2) is 4.79 Å². The van der Waals surface area contributed by atoms with E-state index in [1.807, 2.05) is 0 Å². The second-order valence-electron chi connectivity index (χ2n) is 5.83. The molecule has 0 fully saturated rings. The minimum atomic E-state index is -1.50. The van der Waals surface area contributed by atoms with Gasteiger partial charge in [-0.2, -0.15) is 0 Å². The molecule has 0 aromatic carbocycles. The number of aliphatic carboxylic acids is 1. The molecule has 0 heterocycles. The van der Waals surface area contributed by atoms with Crippen LogP contribution in [0.3, 0.4) is 0 Å². The summed E-state index contributed by atoms with van der Waals surface area (Å²) in [5.74, 6) is -4.01. The number of carboxylic acids is 1. The van der Waals surface area contributed by atoms with Gasteiger partial charge in [0.2, 0.25) is 17.7 Å². The summed E-state index contributed by atoms with van der Waals surface area (Å²) in [6.07, 6.45) is 0. The first-order valence-corrected chi connectivity index (χ1v) is 7.66. The molecule has 0 rings (SSSR count). The van der Waals surface area contributed by atoms with Gasteiger partial charge in [0, 0.05) is 0 Å². The average Bonchev–Trinajstić information content (AvgIpc) is 2.55. The Hall–Kier alpha value is -2.24. The van der Waals surface area contributed by atoms with Crippen LogP contribution in [0.4, 0.5) is 0 Å². The summed E-state index contributed by atoms with van der Waals surface area (Å²) in [7, 11) is 0. The minimum absolute atomic E-state index is 0.389. The molecule has 0 aliphatic heterocycles. The Morgan fingerprint density at radius 1 is 0.880 bits per heavy atom. The molecule has 0 aromatic rings. The molecule has 0 radical (unpaired) electrons. The Bertz CT molecular complexity index is 498. The molecule has 0 aliphatic rings. The zero-order valence-electron chi connectivity index (χ0n) is 14.4. The summed E-state index contributed by atoms with van der Waals surface area (Å²) in [4.78, 5) is 46.7. The second-order valence-corrected chi connectivity index (χ2v) is 5.83. The van der Waals surface area contributed by atoms with Crippen LogP contribution in [-0.4, -0.2) is 76.4 Å². The number of hydrogen-bond acceptors (Lipinski definition) is 7. The highest BCUT2D eigenvalue weighted by atomic mass is 16.4. The maximum atomic E-state index is 12.2. The van der Waals surface area contributed by atoms with E-state index in [9.17, 15) is 19.2 Å². The van der Waals surface area contributed by atoms with E-state index in [0.717, 1.165) is 0 Å². The van der Waals surface area contributed by atoms with Crippen LogP contribution >= 0.6 is 0 Å². The van der Waals surface area contributed by atoms with E-state index in [-0.39, 0.29) is 5.92 Å². The van der Waals surface area contributed by atoms with Crippen LogP contribution in [-0.2, 0) is 19.2 Å². The van der Waals surface area contributed by atoms with E-state index in [2.05, 4.69) is 16.0 Å². The molecule has 4 unspecified atom stereocenters. The van der Waals surface area contributed by atoms with Crippen molar-refractivity contribution in [1.29, 1.82) is 0 Å². The van der Waals surface area contributed by atoms with Crippen molar-refractivity contribution in [3.63, 3.8) is 0 Å². The number of hydrogen-bond donors (Lipinski definition) is 7. The van der Waals surface area contributed by atoms with E-state index in [0.29, 0.717) is 0 Å². The highest BCUT2D eigenvalue weighted by molar-refractivity contribution is 5.94. The van der Waals surface area contributed by atoms with Gasteiger partial charge >= 0.3 is 5.97 Å². The first-order valence-electron chi connectivity index (χ1n) is 7.66. The lowest BCUT2D eigenvalue weighted by Gasteiger charge is -2.25. The molecule has 11 nitrogen and oxygen atoms in total. The van der Waals surface area contributed by atoms with Gasteiger partial charge in [-0.3, -0.25) is 14.4 Å². The van der Waals surface area contributed by atoms with Crippen molar-refractivity contribution in [1.82, 2.24) is 16.0 Å². The van der Waals surface area contributed by atoms with Crippen LogP contribution in [0, 0.1) is 5.92 Å². The lowest BCUT2D eigenvalue weighted by Crippen LogP contribution is -2.58. The monoisotopic (exact) mass is 362 g/mol. The summed E-state index contributed by atoms with van der Waals surface area (Å²) in [6, 6.07) is -4.79. The third kappa shape index (κ3) is 7.45. The molecular weight excluding hydrogens is 336 g/mol. The maximum Gasteiger partial charge on any atom is 0.328 e. The van der Waals surface area contributed by atoms with E-state index in [1.54, 1.807) is 13.8 Å². The minimum Gasteiger partial charge on any atom is -0.480 e. The zero-order valence-corrected chi connectivity index (χ0v) is 14.4. The number of nitrogens with two attached hydrogens (primary N) is 1. The number of amides is 3. The fourth-order valence-corrected chi connectivity index (χ4v) is 1.73. The molecule has 0 aromatic heterocycles. The fourth-order valence-electron chi connectivity index (χ4n) is 1.73. The van der Waals surface area contributed by atoms with Gasteiger partial charge in [-0.15, -0.1) is 0 Å². The molecule has 25 heavy (non-hydrogen) atoms. The van der Waals surface area contributed by atoms with Gasteiger partial charge in [0.15, 0.2) is 0 Å². The van der Waals surface area contributed by atoms with Crippen molar-refractivity contribution in [2.75, 3.05) is 13.2 Å². The van der Waals surface area contributed by atoms with Gasteiger partial charge < -0.3 is 37.0 Å². The second kappa shape index (κ2) is 10.6. The molecule has 4 atom stereocenters. The van der Waals surface area contributed by atoms with Gasteiger partial charge in [0.1, 0.15) is 24.2 Å². The molecule has 0 aliphatic carbocycles. The van der Waals surface area contributed by atoms with Crippen molar-refractivity contribution in [3.8, 4) is 0 Å². The molecule has 0 saturated carbocycles. The summed E-state index contributed by atoms with van der Waals surface area (Å²) in [5.41, 5.74) is 5.32. The number of aliphatic hydroxyl groups excluding tert-OH is 2. The van der Waals surface area contributed by atoms with Crippen LogP contribution < -0.4 is 21.7 Å². The fraction of sp³-hybridized carbons (Fsp3) is 0.714. The number of carbonyl (C=O) groups is 4. The number of rotatable bonds is 10. The Balaban J connectivity index is 4.90. The molecule has 11 heteroatoms. The summed E-state index contributed by atoms with van der Waals surface area (Å²) < 4.78 is 0. The first kappa shape index (κ1) is 22.8. The van der Waals surface area contributed by atoms with E-state index < -0.39 is 61.1 Å². The third-order valence-electron chi connectivity index (χ3n) is 3.33. The maximum absolute atomic E-state index is 12.2. The van der Waals surface area contributed by atoms with Crippen molar-refractivity contribution in [2.45, 2.75) is 44.9 Å². The van der Waals surface area contributed by atoms with Gasteiger partial charge in [-0.05, 0) is 12.8 Å². The Morgan fingerprint density at radius 3 is 1.84 bits per heavy atom. The lowest BCUT2D eigenvalue weighted by molar-refractivity contribution is -0.143. The van der Waals surface area contributed by atoms with Gasteiger partial charge in [0.05, 0.1) is 13.2 Å². The van der Waals surface area contributed by atoms with Crippen LogP contribution in [0.2, 0.25) is 0 Å². The van der Waals surface area contributed by atoms with Crippen molar-refractivity contribution >= 4 is 23.7 Å². The van der Waals surface area contributed by atoms with E-state index in [4.69, 9.17) is 21.1 Å². The van der Waals surface area contributed by atoms with E-state index in [1.165, 1.54) is 6.92 Å². The summed E-state index contributed by atoms with van der Waals surface area (Å²) in [6.45, 7) is 3.23. The molecule has 8 N–H and O–H groups in total. The summed E-state index contributed by atoms with van der Waals surface area (Å²) >= 11 is 0. The van der Waals surface area contributed by atoms with Crippen LogP contribution in [0.15, 0.2) is 0 Å². The zero-order chi connectivity index (χ0) is 19.7. The smallest absolute Gasteiger partial charge is 0.328 e. The third-order valence-corrected chi connectivity index (χ3v) is 3.33. The summed E-state index contributed by atoms with van der Waals surface area (Å²) in [5, 5.41) is 33.4. The predicted molar refractivity (Wildman–Crippen MR) is 86.1 cm³/mol. The van der Waals surface area contributed by atoms with Crippen LogP contribution in [0.1, 0.15) is 20.8 Å². The number of carbonyl (C=O) groups excluding carboxylic acids is 3. The molecule has 0 saturated heterocycles. The van der Waals surface area contributed by atoms with Crippen molar-refractivity contribution in [2.24, 2.45) is 11.7 Å². The molecule has 144 valence electrons. The Kier molecular flexibility index (Phi) is 9.64. The highest BCUT2D eigenvalue weighted by Crippen LogP contribution is 2.03. The topological polar surface area (TPSA) is 191 Å². The SMILES string of the molecule is CC(NC(=O)C(N)CO)C(=O)NC(C(=O)NC(CO)C(=O)O)C(C)C. The van der Waals surface area contributed by atoms with Gasteiger partial charge in [0.25, 0.3) is 0 Å². The highest BCUT2D eigenvalue weighted by Gasteiger charge is 2.30. The Morgan fingerprint density at radius 2 is 1.44 bits per heavy atom. The van der Waals surface area contributed by atoms with Crippen LogP contribution in [0.5, 0.6) is 0 Å². The molecule has 0 spiro atoms. The standard InChI is InChI=1S/C14H26N4O7/c1-6(2)10(13(23)17-9(5-20)14(24)25)18-11(21)7(3)16-12(22)8(15)4-19/h6-10,19-20H,4-5,15H2,1-3H3,(H,16,22)(H,17,23)(H,18,21)(H,24,25). The lowest BCUT2D eigenvalue weighted by atomic mass is 10.0. The van der Waals surface area contributed by atoms with Crippen molar-refractivity contribution in [3.05, 3.63) is 0 Å². The average molecular weight is 362 g/mol. The number of nitrogens with one attached hydrogen (secondary N) is 3. The number of carboxylic acid groups (broad SMARTS) is 1. The Labute approximate surface area is 145 Å². The van der Waals surface area contributed by atoms with Crippen molar-refractivity contribution < 1.29 is 34.5 Å². The quantitative estimate of drug-likeness (QED) is 0.208. The van der Waals surface area contributed by atoms with Crippen LogP contribution in [0.25, 0.3) is 0 Å². The molecule has 0 bridgehead atoms. The normalized spacial score (nSPS) is 15.6. The van der Waals surface area contributed by atoms with Gasteiger partial charge in [-0.1, -0.05) is 13.8 Å². The largest absolute Gasteiger partial charge is 0.480 e.